The summed E-state index contributed by atoms with van der Waals surface area (Å²) in [5.41, 5.74) is 3.52. The molecule has 2 aromatic rings. The molecule has 1 atom stereocenters. The van der Waals surface area contributed by atoms with Crippen LogP contribution in [0, 0.1) is 19.7 Å². The number of hydrogen-bond donors (Lipinski definition) is 1. The lowest BCUT2D eigenvalue weighted by atomic mass is 10.0. The molecule has 0 unspecified atom stereocenters. The number of morpholine rings is 1. The summed E-state index contributed by atoms with van der Waals surface area (Å²) in [6.45, 7) is 5.36. The van der Waals surface area contributed by atoms with Crippen molar-refractivity contribution in [2.45, 2.75) is 26.3 Å². The number of nitrogens with zero attached hydrogens (tertiary/aromatic N) is 2. The Morgan fingerprint density at radius 2 is 2.30 bits per heavy atom. The van der Waals surface area contributed by atoms with Gasteiger partial charge in [-0.1, -0.05) is 12.1 Å². The molecule has 1 aliphatic heterocycles. The lowest BCUT2D eigenvalue weighted by Crippen LogP contribution is -2.44. The van der Waals surface area contributed by atoms with Crippen molar-refractivity contribution in [3.63, 3.8) is 0 Å². The van der Waals surface area contributed by atoms with E-state index in [9.17, 15) is 9.18 Å². The molecular weight excluding hydrogens is 297 g/mol. The Labute approximate surface area is 134 Å². The fourth-order valence-electron chi connectivity index (χ4n) is 3.11. The van der Waals surface area contributed by atoms with Gasteiger partial charge in [0.1, 0.15) is 5.82 Å². The number of carbonyl (C=O) groups excluding carboxylic acids is 1. The van der Waals surface area contributed by atoms with E-state index in [0.29, 0.717) is 25.3 Å². The molecule has 0 radical (unpaired) electrons. The average Bonchev–Trinajstić information content (AvgIpc) is 2.86. The molecule has 0 bridgehead atoms. The van der Waals surface area contributed by atoms with Crippen LogP contribution in [-0.2, 0) is 16.0 Å². The monoisotopic (exact) mass is 317 g/mol. The van der Waals surface area contributed by atoms with Crippen molar-refractivity contribution < 1.29 is 13.9 Å². The summed E-state index contributed by atoms with van der Waals surface area (Å²) in [7, 11) is 0. The van der Waals surface area contributed by atoms with Crippen molar-refractivity contribution in [1.29, 1.82) is 0 Å². The first kappa shape index (κ1) is 15.7. The quantitative estimate of drug-likeness (QED) is 0.945. The molecular formula is C17H20FN3O2. The Bertz CT molecular complexity index is 694. The summed E-state index contributed by atoms with van der Waals surface area (Å²) in [5, 5.41) is 7.17. The van der Waals surface area contributed by atoms with Crippen LogP contribution in [0.15, 0.2) is 24.3 Å². The van der Waals surface area contributed by atoms with E-state index in [1.165, 1.54) is 12.1 Å². The van der Waals surface area contributed by atoms with Gasteiger partial charge in [-0.25, -0.2) is 4.39 Å². The van der Waals surface area contributed by atoms with Gasteiger partial charge in [-0.05, 0) is 31.5 Å². The zero-order chi connectivity index (χ0) is 16.4. The predicted molar refractivity (Wildman–Crippen MR) is 83.4 cm³/mol. The number of aryl methyl sites for hydroxylation is 2. The molecule has 1 amide bonds. The minimum atomic E-state index is -0.324. The van der Waals surface area contributed by atoms with Crippen LogP contribution in [0.25, 0.3) is 0 Å². The van der Waals surface area contributed by atoms with Gasteiger partial charge in [0.15, 0.2) is 0 Å². The van der Waals surface area contributed by atoms with Crippen LogP contribution in [0.5, 0.6) is 0 Å². The van der Waals surface area contributed by atoms with Gasteiger partial charge in [-0.3, -0.25) is 9.89 Å². The average molecular weight is 317 g/mol. The van der Waals surface area contributed by atoms with Crippen LogP contribution < -0.4 is 0 Å². The number of ether oxygens (including phenoxy) is 1. The maximum atomic E-state index is 13.3. The van der Waals surface area contributed by atoms with Crippen LogP contribution in [0.3, 0.4) is 0 Å². The fourth-order valence-corrected chi connectivity index (χ4v) is 3.11. The summed E-state index contributed by atoms with van der Waals surface area (Å²) < 4.78 is 18.9. The highest BCUT2D eigenvalue weighted by Gasteiger charge is 2.31. The maximum absolute atomic E-state index is 13.3. The van der Waals surface area contributed by atoms with Gasteiger partial charge in [0.25, 0.3) is 0 Å². The molecule has 0 aliphatic carbocycles. The van der Waals surface area contributed by atoms with Crippen LogP contribution in [0.2, 0.25) is 0 Å². The Morgan fingerprint density at radius 1 is 1.48 bits per heavy atom. The summed E-state index contributed by atoms with van der Waals surface area (Å²) >= 11 is 0. The second-order valence-electron chi connectivity index (χ2n) is 5.83. The molecule has 1 aromatic heterocycles. The topological polar surface area (TPSA) is 58.2 Å². The number of halogens is 1. The van der Waals surface area contributed by atoms with E-state index in [-0.39, 0.29) is 24.2 Å². The van der Waals surface area contributed by atoms with Crippen molar-refractivity contribution in [2.75, 3.05) is 19.8 Å². The van der Waals surface area contributed by atoms with E-state index >= 15 is 0 Å². The molecule has 1 aliphatic rings. The van der Waals surface area contributed by atoms with Crippen molar-refractivity contribution in [1.82, 2.24) is 15.1 Å². The second kappa shape index (κ2) is 6.50. The van der Waals surface area contributed by atoms with E-state index in [0.717, 1.165) is 17.0 Å². The third-order valence-corrected chi connectivity index (χ3v) is 4.21. The standard InChI is InChI=1S/C17H20FN3O2/c1-11-17(12(2)20-19-11)15-10-23-7-6-21(15)16(22)9-13-4-3-5-14(18)8-13/h3-5,8,15H,6-7,9-10H2,1-2H3,(H,19,20)/t15-/m0/s1. The lowest BCUT2D eigenvalue weighted by molar-refractivity contribution is -0.139. The number of aromatic nitrogens is 2. The Kier molecular flexibility index (Phi) is 4.43. The SMILES string of the molecule is Cc1n[nH]c(C)c1[C@@H]1COCCN1C(=O)Cc1cccc(F)c1. The van der Waals surface area contributed by atoms with Gasteiger partial charge < -0.3 is 9.64 Å². The zero-order valence-electron chi connectivity index (χ0n) is 13.3. The van der Waals surface area contributed by atoms with Crippen LogP contribution >= 0.6 is 0 Å². The number of carbonyl (C=O) groups is 1. The smallest absolute Gasteiger partial charge is 0.227 e. The molecule has 1 N–H and O–H groups in total. The summed E-state index contributed by atoms with van der Waals surface area (Å²) in [6.07, 6.45) is 0.185. The number of hydrogen-bond acceptors (Lipinski definition) is 3. The van der Waals surface area contributed by atoms with Crippen molar-refractivity contribution in [2.24, 2.45) is 0 Å². The first-order valence-electron chi connectivity index (χ1n) is 7.69. The molecule has 1 saturated heterocycles. The van der Waals surface area contributed by atoms with E-state index < -0.39 is 0 Å². The number of amides is 1. The summed E-state index contributed by atoms with van der Waals surface area (Å²) in [6, 6.07) is 6.03. The molecule has 0 saturated carbocycles. The molecule has 0 spiro atoms. The number of nitrogens with one attached hydrogen (secondary N) is 1. The van der Waals surface area contributed by atoms with E-state index in [2.05, 4.69) is 10.2 Å². The van der Waals surface area contributed by atoms with Gasteiger partial charge in [0, 0.05) is 17.8 Å². The van der Waals surface area contributed by atoms with Gasteiger partial charge >= 0.3 is 0 Å². The largest absolute Gasteiger partial charge is 0.377 e. The zero-order valence-corrected chi connectivity index (χ0v) is 13.3. The normalized spacial score (nSPS) is 18.2. The lowest BCUT2D eigenvalue weighted by Gasteiger charge is -2.36. The highest BCUT2D eigenvalue weighted by Crippen LogP contribution is 2.28. The summed E-state index contributed by atoms with van der Waals surface area (Å²) in [5.74, 6) is -0.348. The number of rotatable bonds is 3. The third-order valence-electron chi connectivity index (χ3n) is 4.21. The molecule has 5 nitrogen and oxygen atoms in total. The molecule has 1 fully saturated rings. The van der Waals surface area contributed by atoms with Crippen LogP contribution in [-0.4, -0.2) is 40.8 Å². The highest BCUT2D eigenvalue weighted by atomic mass is 19.1. The third kappa shape index (κ3) is 3.27. The minimum Gasteiger partial charge on any atom is -0.377 e. The van der Waals surface area contributed by atoms with Gasteiger partial charge in [0.2, 0.25) is 5.91 Å². The van der Waals surface area contributed by atoms with Gasteiger partial charge in [-0.2, -0.15) is 5.10 Å². The first-order chi connectivity index (χ1) is 11.1. The summed E-state index contributed by atoms with van der Waals surface area (Å²) in [4.78, 5) is 14.5. The minimum absolute atomic E-state index is 0.0242. The van der Waals surface area contributed by atoms with E-state index in [1.807, 2.05) is 18.7 Å². The van der Waals surface area contributed by atoms with Crippen molar-refractivity contribution in [3.8, 4) is 0 Å². The Balaban J connectivity index is 1.82. The van der Waals surface area contributed by atoms with E-state index in [1.54, 1.807) is 12.1 Å². The number of aromatic amines is 1. The molecule has 23 heavy (non-hydrogen) atoms. The van der Waals surface area contributed by atoms with Crippen LogP contribution in [0.1, 0.15) is 28.6 Å². The Morgan fingerprint density at radius 3 is 3.00 bits per heavy atom. The molecule has 6 heteroatoms. The Hall–Kier alpha value is -2.21. The number of benzene rings is 1. The van der Waals surface area contributed by atoms with Crippen LogP contribution in [0.4, 0.5) is 4.39 Å². The molecule has 1 aromatic carbocycles. The second-order valence-corrected chi connectivity index (χ2v) is 5.83. The number of H-pyrrole nitrogens is 1. The predicted octanol–water partition coefficient (Wildman–Crippen LogP) is 2.31. The molecule has 122 valence electrons. The van der Waals surface area contributed by atoms with Crippen molar-refractivity contribution >= 4 is 5.91 Å². The van der Waals surface area contributed by atoms with Gasteiger partial charge in [0.05, 0.1) is 31.4 Å². The van der Waals surface area contributed by atoms with Crippen molar-refractivity contribution in [3.05, 3.63) is 52.6 Å². The van der Waals surface area contributed by atoms with Gasteiger partial charge in [-0.15, -0.1) is 0 Å². The fraction of sp³-hybridized carbons (Fsp3) is 0.412. The molecule has 3 rings (SSSR count). The highest BCUT2D eigenvalue weighted by molar-refractivity contribution is 5.79. The van der Waals surface area contributed by atoms with E-state index in [4.69, 9.17) is 4.74 Å². The molecule has 2 heterocycles. The maximum Gasteiger partial charge on any atom is 0.227 e. The first-order valence-corrected chi connectivity index (χ1v) is 7.69.